The third kappa shape index (κ3) is 3.48. The summed E-state index contributed by atoms with van der Waals surface area (Å²) in [4.78, 5) is 24.8. The van der Waals surface area contributed by atoms with E-state index in [2.05, 4.69) is 0 Å². The highest BCUT2D eigenvalue weighted by Gasteiger charge is 2.23. The van der Waals surface area contributed by atoms with Gasteiger partial charge in [-0.15, -0.1) is 0 Å². The maximum Gasteiger partial charge on any atom is 0.263 e. The molecule has 1 aromatic rings. The van der Waals surface area contributed by atoms with Gasteiger partial charge in [0.05, 0.1) is 13.2 Å². The largest absolute Gasteiger partial charge is 0.481 e. The quantitative estimate of drug-likeness (QED) is 0.865. The summed E-state index contributed by atoms with van der Waals surface area (Å²) in [6.07, 6.45) is -0.576. The molecule has 6 nitrogen and oxygen atoms in total. The highest BCUT2D eigenvalue weighted by Crippen LogP contribution is 2.15. The van der Waals surface area contributed by atoms with Gasteiger partial charge in [0.15, 0.2) is 6.10 Å². The summed E-state index contributed by atoms with van der Waals surface area (Å²) in [5.41, 5.74) is 5.57. The lowest BCUT2D eigenvalue weighted by atomic mass is 10.2. The molecule has 0 radical (unpaired) electrons. The molecular formula is C14H18N2O4. The Kier molecular flexibility index (Phi) is 4.57. The number of hydrogen-bond acceptors (Lipinski definition) is 4. The molecule has 108 valence electrons. The van der Waals surface area contributed by atoms with Gasteiger partial charge < -0.3 is 20.1 Å². The van der Waals surface area contributed by atoms with Crippen molar-refractivity contribution in [1.29, 1.82) is 0 Å². The maximum absolute atomic E-state index is 12.1. The van der Waals surface area contributed by atoms with Crippen molar-refractivity contribution < 1.29 is 19.1 Å². The van der Waals surface area contributed by atoms with Gasteiger partial charge >= 0.3 is 0 Å². The second kappa shape index (κ2) is 6.38. The number of carbonyl (C=O) groups is 2. The second-order valence-electron chi connectivity index (χ2n) is 4.59. The fourth-order valence-electron chi connectivity index (χ4n) is 1.99. The Labute approximate surface area is 117 Å². The molecule has 2 amide bonds. The van der Waals surface area contributed by atoms with Crippen LogP contribution in [0.2, 0.25) is 0 Å². The monoisotopic (exact) mass is 278 g/mol. The topological polar surface area (TPSA) is 81.9 Å². The summed E-state index contributed by atoms with van der Waals surface area (Å²) in [5, 5.41) is 0. The lowest BCUT2D eigenvalue weighted by molar-refractivity contribution is -0.142. The minimum absolute atomic E-state index is 0.0627. The molecule has 1 fully saturated rings. The first-order valence-corrected chi connectivity index (χ1v) is 6.51. The van der Waals surface area contributed by atoms with Crippen LogP contribution in [0.1, 0.15) is 17.3 Å². The molecule has 6 heteroatoms. The molecule has 0 spiro atoms. The summed E-state index contributed by atoms with van der Waals surface area (Å²) in [6.45, 7) is 4.01. The van der Waals surface area contributed by atoms with Crippen molar-refractivity contribution in [3.05, 3.63) is 29.8 Å². The van der Waals surface area contributed by atoms with Gasteiger partial charge in [0.2, 0.25) is 5.91 Å². The molecule has 20 heavy (non-hydrogen) atoms. The van der Waals surface area contributed by atoms with Crippen LogP contribution in [-0.2, 0) is 9.53 Å². The third-order valence-corrected chi connectivity index (χ3v) is 3.12. The number of morpholine rings is 1. The van der Waals surface area contributed by atoms with E-state index in [1.54, 1.807) is 36.1 Å². The Morgan fingerprint density at radius 1 is 1.25 bits per heavy atom. The summed E-state index contributed by atoms with van der Waals surface area (Å²) in [7, 11) is 0. The van der Waals surface area contributed by atoms with Gasteiger partial charge in [-0.3, -0.25) is 9.59 Å². The van der Waals surface area contributed by atoms with E-state index >= 15 is 0 Å². The van der Waals surface area contributed by atoms with E-state index in [0.29, 0.717) is 37.6 Å². The average Bonchev–Trinajstić information content (AvgIpc) is 2.48. The number of amides is 2. The molecule has 1 aliphatic rings. The Bertz CT molecular complexity index is 480. The zero-order valence-electron chi connectivity index (χ0n) is 11.4. The van der Waals surface area contributed by atoms with Crippen molar-refractivity contribution in [2.45, 2.75) is 13.0 Å². The molecule has 2 rings (SSSR count). The van der Waals surface area contributed by atoms with E-state index < -0.39 is 12.0 Å². The van der Waals surface area contributed by atoms with Gasteiger partial charge in [0, 0.05) is 18.7 Å². The molecule has 1 unspecified atom stereocenters. The summed E-state index contributed by atoms with van der Waals surface area (Å²) < 4.78 is 10.8. The standard InChI is InChI=1S/C14H18N2O4/c1-10(14(18)16-6-8-19-9-7-16)20-12-4-2-11(3-5-12)13(15)17/h2-5,10H,6-9H2,1H3,(H2,15,17). The van der Waals surface area contributed by atoms with Crippen LogP contribution in [0.15, 0.2) is 24.3 Å². The number of rotatable bonds is 4. The summed E-state index contributed by atoms with van der Waals surface area (Å²) in [6, 6.07) is 6.40. The lowest BCUT2D eigenvalue weighted by Crippen LogP contribution is -2.46. The average molecular weight is 278 g/mol. The predicted molar refractivity (Wildman–Crippen MR) is 72.4 cm³/mol. The Hall–Kier alpha value is -2.08. The molecule has 0 aromatic heterocycles. The number of primary amides is 1. The van der Waals surface area contributed by atoms with Crippen LogP contribution in [0, 0.1) is 0 Å². The Balaban J connectivity index is 1.94. The molecular weight excluding hydrogens is 260 g/mol. The highest BCUT2D eigenvalue weighted by molar-refractivity contribution is 5.92. The van der Waals surface area contributed by atoms with Gasteiger partial charge in [0.25, 0.3) is 5.91 Å². The highest BCUT2D eigenvalue weighted by atomic mass is 16.5. The molecule has 1 atom stereocenters. The van der Waals surface area contributed by atoms with Gasteiger partial charge in [0.1, 0.15) is 5.75 Å². The zero-order chi connectivity index (χ0) is 14.5. The van der Waals surface area contributed by atoms with Gasteiger partial charge in [-0.05, 0) is 31.2 Å². The number of hydrogen-bond donors (Lipinski definition) is 1. The van der Waals surface area contributed by atoms with Crippen LogP contribution in [0.4, 0.5) is 0 Å². The SMILES string of the molecule is CC(Oc1ccc(C(N)=O)cc1)C(=O)N1CCOCC1. The van der Waals surface area contributed by atoms with Crippen molar-refractivity contribution in [2.75, 3.05) is 26.3 Å². The van der Waals surface area contributed by atoms with Crippen LogP contribution >= 0.6 is 0 Å². The molecule has 0 bridgehead atoms. The molecule has 0 aliphatic carbocycles. The van der Waals surface area contributed by atoms with Crippen LogP contribution in [0.3, 0.4) is 0 Å². The zero-order valence-corrected chi connectivity index (χ0v) is 11.4. The van der Waals surface area contributed by atoms with E-state index in [-0.39, 0.29) is 5.91 Å². The van der Waals surface area contributed by atoms with Gasteiger partial charge in [-0.1, -0.05) is 0 Å². The first-order valence-electron chi connectivity index (χ1n) is 6.51. The van der Waals surface area contributed by atoms with Gasteiger partial charge in [-0.25, -0.2) is 0 Å². The molecule has 2 N–H and O–H groups in total. The van der Waals surface area contributed by atoms with E-state index in [1.807, 2.05) is 0 Å². The maximum atomic E-state index is 12.1. The van der Waals surface area contributed by atoms with E-state index in [9.17, 15) is 9.59 Å². The second-order valence-corrected chi connectivity index (χ2v) is 4.59. The van der Waals surface area contributed by atoms with Crippen LogP contribution in [-0.4, -0.2) is 49.1 Å². The Morgan fingerprint density at radius 3 is 2.40 bits per heavy atom. The van der Waals surface area contributed by atoms with Crippen LogP contribution in [0.5, 0.6) is 5.75 Å². The molecule has 1 saturated heterocycles. The fourth-order valence-corrected chi connectivity index (χ4v) is 1.99. The number of nitrogens with two attached hydrogens (primary N) is 1. The van der Waals surface area contributed by atoms with Crippen LogP contribution < -0.4 is 10.5 Å². The predicted octanol–water partition coefficient (Wildman–Crippen LogP) is 0.412. The molecule has 0 saturated carbocycles. The van der Waals surface area contributed by atoms with Crippen molar-refractivity contribution in [3.63, 3.8) is 0 Å². The first-order chi connectivity index (χ1) is 9.58. The Morgan fingerprint density at radius 2 is 1.85 bits per heavy atom. The van der Waals surface area contributed by atoms with Crippen LogP contribution in [0.25, 0.3) is 0 Å². The number of nitrogens with zero attached hydrogens (tertiary/aromatic N) is 1. The minimum atomic E-state index is -0.576. The van der Waals surface area contributed by atoms with E-state index in [1.165, 1.54) is 0 Å². The van der Waals surface area contributed by atoms with Crippen molar-refractivity contribution in [1.82, 2.24) is 4.90 Å². The number of carbonyl (C=O) groups excluding carboxylic acids is 2. The van der Waals surface area contributed by atoms with E-state index in [4.69, 9.17) is 15.2 Å². The lowest BCUT2D eigenvalue weighted by Gasteiger charge is -2.29. The summed E-state index contributed by atoms with van der Waals surface area (Å²) in [5.74, 6) is -0.0228. The van der Waals surface area contributed by atoms with E-state index in [0.717, 1.165) is 0 Å². The fraction of sp³-hybridized carbons (Fsp3) is 0.429. The van der Waals surface area contributed by atoms with Gasteiger partial charge in [-0.2, -0.15) is 0 Å². The minimum Gasteiger partial charge on any atom is -0.481 e. The van der Waals surface area contributed by atoms with Crippen molar-refractivity contribution in [2.24, 2.45) is 5.73 Å². The number of benzene rings is 1. The van der Waals surface area contributed by atoms with Crippen molar-refractivity contribution >= 4 is 11.8 Å². The third-order valence-electron chi connectivity index (χ3n) is 3.12. The molecule has 1 aliphatic heterocycles. The smallest absolute Gasteiger partial charge is 0.263 e. The molecule has 1 heterocycles. The molecule has 1 aromatic carbocycles. The summed E-state index contributed by atoms with van der Waals surface area (Å²) >= 11 is 0. The van der Waals surface area contributed by atoms with Crippen molar-refractivity contribution in [3.8, 4) is 5.75 Å². The normalized spacial score (nSPS) is 16.6. The number of ether oxygens (including phenoxy) is 2. The first kappa shape index (κ1) is 14.3.